The van der Waals surface area contributed by atoms with Crippen LogP contribution in [0.2, 0.25) is 5.02 Å². The molecule has 10 heteroatoms. The van der Waals surface area contributed by atoms with Gasteiger partial charge in [0.2, 0.25) is 10.0 Å². The number of amides is 1. The fraction of sp³-hybridized carbons (Fsp3) is 0.238. The number of rotatable bonds is 5. The molecule has 1 N–H and O–H groups in total. The molecule has 1 aliphatic rings. The van der Waals surface area contributed by atoms with Crippen LogP contribution in [0.25, 0.3) is 11.3 Å². The molecule has 4 rings (SSSR count). The summed E-state index contributed by atoms with van der Waals surface area (Å²) < 4.78 is 30.7. The highest BCUT2D eigenvalue weighted by atomic mass is 35.5. The van der Waals surface area contributed by atoms with Gasteiger partial charge in [-0.05, 0) is 55.3 Å². The lowest BCUT2D eigenvalue weighted by atomic mass is 10.1. The topological polar surface area (TPSA) is 88.6 Å². The molecule has 0 fully saturated rings. The van der Waals surface area contributed by atoms with Crippen LogP contribution < -0.4 is 14.4 Å². The molecule has 31 heavy (non-hydrogen) atoms. The average molecular weight is 478 g/mol. The zero-order chi connectivity index (χ0) is 22.3. The maximum absolute atomic E-state index is 12.7. The number of benzene rings is 2. The Hall–Kier alpha value is -2.62. The molecule has 2 heterocycles. The van der Waals surface area contributed by atoms with E-state index in [-0.39, 0.29) is 11.9 Å². The van der Waals surface area contributed by atoms with Gasteiger partial charge in [0.25, 0.3) is 5.91 Å². The van der Waals surface area contributed by atoms with Crippen LogP contribution in [0.15, 0.2) is 41.8 Å². The molecule has 1 unspecified atom stereocenters. The molecular weight excluding hydrogens is 458 g/mol. The molecule has 0 radical (unpaired) electrons. The lowest BCUT2D eigenvalue weighted by molar-refractivity contribution is 0.102. The van der Waals surface area contributed by atoms with Gasteiger partial charge in [-0.3, -0.25) is 14.4 Å². The van der Waals surface area contributed by atoms with Gasteiger partial charge in [-0.25, -0.2) is 13.4 Å². The number of nitrogens with one attached hydrogen (secondary N) is 1. The van der Waals surface area contributed by atoms with Crippen LogP contribution in [0.1, 0.15) is 22.8 Å². The maximum Gasteiger partial charge on any atom is 0.257 e. The minimum absolute atomic E-state index is 0.179. The van der Waals surface area contributed by atoms with Crippen molar-refractivity contribution in [1.29, 1.82) is 0 Å². The number of carbonyl (C=O) groups excluding carboxylic acids is 1. The minimum atomic E-state index is -3.37. The third-order valence-electron chi connectivity index (χ3n) is 5.02. The third-order valence-corrected chi connectivity index (χ3v) is 7.35. The molecule has 3 aromatic rings. The van der Waals surface area contributed by atoms with Gasteiger partial charge in [0.15, 0.2) is 5.13 Å². The van der Waals surface area contributed by atoms with Gasteiger partial charge in [0.1, 0.15) is 5.75 Å². The largest absolute Gasteiger partial charge is 0.495 e. The zero-order valence-electron chi connectivity index (χ0n) is 17.0. The average Bonchev–Trinajstić information content (AvgIpc) is 3.30. The Kier molecular flexibility index (Phi) is 5.67. The van der Waals surface area contributed by atoms with Crippen LogP contribution in [-0.4, -0.2) is 38.7 Å². The highest BCUT2D eigenvalue weighted by Crippen LogP contribution is 2.35. The van der Waals surface area contributed by atoms with E-state index in [1.54, 1.807) is 37.4 Å². The molecule has 1 aliphatic heterocycles. The summed E-state index contributed by atoms with van der Waals surface area (Å²) in [5, 5.41) is 5.58. The molecule has 0 aliphatic carbocycles. The second kappa shape index (κ2) is 8.14. The number of carbonyl (C=O) groups is 1. The van der Waals surface area contributed by atoms with E-state index in [9.17, 15) is 13.2 Å². The number of methoxy groups -OCH3 is 1. The Balaban J connectivity index is 1.53. The number of ether oxygens (including phenoxy) is 1. The Morgan fingerprint density at radius 2 is 2.06 bits per heavy atom. The Labute approximate surface area is 189 Å². The van der Waals surface area contributed by atoms with Crippen LogP contribution in [0, 0.1) is 0 Å². The third kappa shape index (κ3) is 4.26. The molecule has 1 aromatic heterocycles. The predicted octanol–water partition coefficient (Wildman–Crippen LogP) is 4.44. The molecule has 2 aromatic carbocycles. The lowest BCUT2D eigenvalue weighted by Gasteiger charge is -2.21. The molecular formula is C21H20ClN3O4S2. The van der Waals surface area contributed by atoms with Crippen LogP contribution in [0.4, 0.5) is 10.8 Å². The van der Waals surface area contributed by atoms with Crippen LogP contribution >= 0.6 is 22.9 Å². The van der Waals surface area contributed by atoms with Crippen molar-refractivity contribution >= 4 is 49.7 Å². The fourth-order valence-corrected chi connectivity index (χ4v) is 5.94. The number of hydrogen-bond acceptors (Lipinski definition) is 6. The van der Waals surface area contributed by atoms with Gasteiger partial charge >= 0.3 is 0 Å². The Morgan fingerprint density at radius 3 is 2.74 bits per heavy atom. The summed E-state index contributed by atoms with van der Waals surface area (Å²) in [5.41, 5.74) is 3.41. The van der Waals surface area contributed by atoms with Crippen LogP contribution in [-0.2, 0) is 16.4 Å². The van der Waals surface area contributed by atoms with E-state index in [0.717, 1.165) is 11.1 Å². The predicted molar refractivity (Wildman–Crippen MR) is 124 cm³/mol. The molecule has 1 atom stereocenters. The number of aromatic nitrogens is 1. The second-order valence-corrected chi connectivity index (χ2v) is 10.4. The molecule has 0 bridgehead atoms. The van der Waals surface area contributed by atoms with Gasteiger partial charge in [-0.1, -0.05) is 11.6 Å². The number of anilines is 2. The van der Waals surface area contributed by atoms with E-state index in [4.69, 9.17) is 16.3 Å². The summed E-state index contributed by atoms with van der Waals surface area (Å²) in [6.07, 6.45) is 1.75. The van der Waals surface area contributed by atoms with Gasteiger partial charge in [0, 0.05) is 22.5 Å². The first-order chi connectivity index (χ1) is 14.7. The van der Waals surface area contributed by atoms with E-state index in [2.05, 4.69) is 10.3 Å². The van der Waals surface area contributed by atoms with E-state index in [1.807, 2.05) is 18.4 Å². The first-order valence-corrected chi connectivity index (χ1v) is 12.5. The molecule has 0 saturated heterocycles. The smallest absolute Gasteiger partial charge is 0.257 e. The zero-order valence-corrected chi connectivity index (χ0v) is 19.4. The van der Waals surface area contributed by atoms with E-state index < -0.39 is 10.0 Å². The lowest BCUT2D eigenvalue weighted by Crippen LogP contribution is -2.34. The van der Waals surface area contributed by atoms with Crippen LogP contribution in [0.3, 0.4) is 0 Å². The van der Waals surface area contributed by atoms with Crippen molar-refractivity contribution in [2.75, 3.05) is 23.0 Å². The van der Waals surface area contributed by atoms with Crippen LogP contribution in [0.5, 0.6) is 5.75 Å². The summed E-state index contributed by atoms with van der Waals surface area (Å²) in [7, 11) is -1.82. The summed E-state index contributed by atoms with van der Waals surface area (Å²) in [6, 6.07) is 10.2. The molecule has 0 spiro atoms. The first-order valence-electron chi connectivity index (χ1n) is 9.40. The summed E-state index contributed by atoms with van der Waals surface area (Å²) in [5.74, 6) is 0.275. The molecule has 0 saturated carbocycles. The van der Waals surface area contributed by atoms with Crippen molar-refractivity contribution < 1.29 is 17.9 Å². The number of nitrogens with zero attached hydrogens (tertiary/aromatic N) is 2. The SMILES string of the molecule is COc1ccc(-c2csc(NC(=O)c3ccc4c(c3)CC(C)N4S(C)(=O)=O)n2)cc1Cl. The quantitative estimate of drug-likeness (QED) is 0.587. The van der Waals surface area contributed by atoms with E-state index >= 15 is 0 Å². The monoisotopic (exact) mass is 477 g/mol. The number of thiazole rings is 1. The van der Waals surface area contributed by atoms with Crippen molar-refractivity contribution in [1.82, 2.24) is 4.98 Å². The summed E-state index contributed by atoms with van der Waals surface area (Å²) in [4.78, 5) is 17.2. The fourth-order valence-electron chi connectivity index (χ4n) is 3.71. The number of sulfonamides is 1. The Bertz CT molecular complexity index is 1270. The normalized spacial score (nSPS) is 15.6. The van der Waals surface area contributed by atoms with Gasteiger partial charge < -0.3 is 4.74 Å². The number of fused-ring (bicyclic) bond motifs is 1. The van der Waals surface area contributed by atoms with E-state index in [0.29, 0.717) is 39.3 Å². The number of hydrogen-bond donors (Lipinski definition) is 1. The second-order valence-electron chi connectivity index (χ2n) is 7.30. The van der Waals surface area contributed by atoms with Gasteiger partial charge in [-0.2, -0.15) is 0 Å². The minimum Gasteiger partial charge on any atom is -0.495 e. The van der Waals surface area contributed by atoms with Crippen molar-refractivity contribution in [3.05, 3.63) is 57.9 Å². The van der Waals surface area contributed by atoms with Crippen molar-refractivity contribution in [3.8, 4) is 17.0 Å². The molecule has 162 valence electrons. The van der Waals surface area contributed by atoms with Gasteiger partial charge in [-0.15, -0.1) is 11.3 Å². The highest BCUT2D eigenvalue weighted by Gasteiger charge is 2.32. The maximum atomic E-state index is 12.7. The standard InChI is InChI=1S/C21H20ClN3O4S2/c1-12-8-15-9-14(4-6-18(15)25(12)31(3,27)28)20(26)24-21-23-17(11-30-21)13-5-7-19(29-2)16(22)10-13/h4-7,9-12H,8H2,1-3H3,(H,23,24,26). The van der Waals surface area contributed by atoms with Crippen molar-refractivity contribution in [2.45, 2.75) is 19.4 Å². The number of halogens is 1. The first kappa shape index (κ1) is 21.6. The molecule has 7 nitrogen and oxygen atoms in total. The van der Waals surface area contributed by atoms with Crippen molar-refractivity contribution in [3.63, 3.8) is 0 Å². The van der Waals surface area contributed by atoms with E-state index in [1.165, 1.54) is 21.9 Å². The highest BCUT2D eigenvalue weighted by molar-refractivity contribution is 7.92. The molecule has 1 amide bonds. The van der Waals surface area contributed by atoms with Crippen molar-refractivity contribution in [2.24, 2.45) is 0 Å². The van der Waals surface area contributed by atoms with Gasteiger partial charge in [0.05, 0.1) is 29.8 Å². The summed E-state index contributed by atoms with van der Waals surface area (Å²) in [6.45, 7) is 1.85. The Morgan fingerprint density at radius 1 is 1.29 bits per heavy atom. The summed E-state index contributed by atoms with van der Waals surface area (Å²) >= 11 is 7.49.